The molecule has 0 aliphatic carbocycles. The van der Waals surface area contributed by atoms with Gasteiger partial charge in [0.05, 0.1) is 48.9 Å². The van der Waals surface area contributed by atoms with Gasteiger partial charge in [-0.1, -0.05) is 0 Å². The lowest BCUT2D eigenvalue weighted by Gasteiger charge is -2.08. The van der Waals surface area contributed by atoms with Crippen LogP contribution < -0.4 is 9.47 Å². The van der Waals surface area contributed by atoms with Crippen LogP contribution in [-0.2, 0) is 0 Å². The zero-order valence-electron chi connectivity index (χ0n) is 12.7. The minimum Gasteiger partial charge on any atom is -0.497 e. The molecule has 0 amide bonds. The van der Waals surface area contributed by atoms with Gasteiger partial charge >= 0.3 is 0 Å². The molecular formula is C17H14N4O2. The van der Waals surface area contributed by atoms with E-state index in [-0.39, 0.29) is 0 Å². The molecule has 0 unspecified atom stereocenters. The van der Waals surface area contributed by atoms with Crippen LogP contribution >= 0.6 is 0 Å². The summed E-state index contributed by atoms with van der Waals surface area (Å²) < 4.78 is 10.6. The fourth-order valence-corrected chi connectivity index (χ4v) is 2.54. The largest absolute Gasteiger partial charge is 0.497 e. The number of nitrogens with one attached hydrogen (secondary N) is 1. The number of H-pyrrole nitrogens is 1. The van der Waals surface area contributed by atoms with Gasteiger partial charge in [0, 0.05) is 17.0 Å². The highest BCUT2D eigenvalue weighted by Gasteiger charge is 2.08. The van der Waals surface area contributed by atoms with E-state index in [0.29, 0.717) is 11.5 Å². The van der Waals surface area contributed by atoms with Gasteiger partial charge in [-0.2, -0.15) is 5.10 Å². The summed E-state index contributed by atoms with van der Waals surface area (Å²) in [6.45, 7) is 0. The number of benzene rings is 2. The molecule has 6 nitrogen and oxygen atoms in total. The molecule has 0 saturated carbocycles. The Morgan fingerprint density at radius 2 is 1.65 bits per heavy atom. The molecule has 0 spiro atoms. The van der Waals surface area contributed by atoms with E-state index in [0.717, 1.165) is 33.2 Å². The van der Waals surface area contributed by atoms with E-state index in [1.807, 2.05) is 30.3 Å². The summed E-state index contributed by atoms with van der Waals surface area (Å²) in [6.07, 6.45) is 3.52. The first-order valence-electron chi connectivity index (χ1n) is 7.10. The van der Waals surface area contributed by atoms with Gasteiger partial charge in [0.15, 0.2) is 0 Å². The molecule has 2 aromatic carbocycles. The van der Waals surface area contributed by atoms with Crippen molar-refractivity contribution in [1.82, 2.24) is 20.2 Å². The van der Waals surface area contributed by atoms with Gasteiger partial charge in [-0.15, -0.1) is 0 Å². The summed E-state index contributed by atoms with van der Waals surface area (Å²) in [4.78, 5) is 9.22. The number of hydrogen-bond donors (Lipinski definition) is 1. The van der Waals surface area contributed by atoms with Crippen LogP contribution in [0.2, 0.25) is 0 Å². The minimum absolute atomic E-state index is 0.714. The Kier molecular flexibility index (Phi) is 3.08. The first-order chi connectivity index (χ1) is 11.3. The van der Waals surface area contributed by atoms with Crippen LogP contribution in [-0.4, -0.2) is 34.4 Å². The molecule has 0 fully saturated rings. The number of aromatic nitrogens is 4. The fourth-order valence-electron chi connectivity index (χ4n) is 2.54. The first-order valence-corrected chi connectivity index (χ1v) is 7.10. The average molecular weight is 306 g/mol. The van der Waals surface area contributed by atoms with Crippen LogP contribution in [0.3, 0.4) is 0 Å². The molecule has 0 saturated heterocycles. The van der Waals surface area contributed by atoms with E-state index in [1.165, 1.54) is 0 Å². The van der Waals surface area contributed by atoms with Crippen molar-refractivity contribution in [2.75, 3.05) is 14.2 Å². The molecule has 23 heavy (non-hydrogen) atoms. The molecule has 4 rings (SSSR count). The number of fused-ring (bicyclic) bond motifs is 2. The SMILES string of the molecule is COc1cc(OC)cc(-c2cnc3cc4[nH]ncc4cc3n2)c1. The fraction of sp³-hybridized carbons (Fsp3) is 0.118. The van der Waals surface area contributed by atoms with E-state index in [1.54, 1.807) is 26.6 Å². The number of rotatable bonds is 3. The molecule has 0 radical (unpaired) electrons. The van der Waals surface area contributed by atoms with Crippen molar-refractivity contribution in [2.45, 2.75) is 0 Å². The summed E-state index contributed by atoms with van der Waals surface area (Å²) in [5.41, 5.74) is 4.24. The lowest BCUT2D eigenvalue weighted by molar-refractivity contribution is 0.394. The maximum Gasteiger partial charge on any atom is 0.123 e. The summed E-state index contributed by atoms with van der Waals surface area (Å²) >= 11 is 0. The number of methoxy groups -OCH3 is 2. The van der Waals surface area contributed by atoms with Crippen LogP contribution in [0.4, 0.5) is 0 Å². The van der Waals surface area contributed by atoms with Crippen molar-refractivity contribution in [3.8, 4) is 22.8 Å². The van der Waals surface area contributed by atoms with Crippen molar-refractivity contribution in [1.29, 1.82) is 0 Å². The molecule has 0 aliphatic heterocycles. The minimum atomic E-state index is 0.714. The molecule has 6 heteroatoms. The standard InChI is InChI=1S/C17H14N4O2/c1-22-12-3-10(4-13(6-12)23-2)17-9-18-15-7-14-11(8-19-21-14)5-16(15)20-17/h3-9H,1-2H3,(H,19,21). The van der Waals surface area contributed by atoms with Crippen molar-refractivity contribution < 1.29 is 9.47 Å². The highest BCUT2D eigenvalue weighted by atomic mass is 16.5. The van der Waals surface area contributed by atoms with Crippen LogP contribution in [0.15, 0.2) is 42.7 Å². The Morgan fingerprint density at radius 3 is 2.39 bits per heavy atom. The van der Waals surface area contributed by atoms with Gasteiger partial charge in [0.25, 0.3) is 0 Å². The number of nitrogens with zero attached hydrogens (tertiary/aromatic N) is 3. The van der Waals surface area contributed by atoms with Crippen molar-refractivity contribution in [2.24, 2.45) is 0 Å². The highest BCUT2D eigenvalue weighted by molar-refractivity contribution is 5.93. The zero-order valence-corrected chi connectivity index (χ0v) is 12.7. The third-order valence-electron chi connectivity index (χ3n) is 3.75. The molecule has 2 heterocycles. The van der Waals surface area contributed by atoms with Gasteiger partial charge in [0.1, 0.15) is 11.5 Å². The molecule has 114 valence electrons. The Hall–Kier alpha value is -3.15. The molecule has 2 aromatic heterocycles. The van der Waals surface area contributed by atoms with E-state index >= 15 is 0 Å². The maximum atomic E-state index is 5.31. The van der Waals surface area contributed by atoms with Crippen LogP contribution in [0, 0.1) is 0 Å². The van der Waals surface area contributed by atoms with E-state index in [4.69, 9.17) is 14.5 Å². The van der Waals surface area contributed by atoms with Gasteiger partial charge in [-0.3, -0.25) is 10.1 Å². The molecule has 0 aliphatic rings. The first kappa shape index (κ1) is 13.5. The van der Waals surface area contributed by atoms with Crippen molar-refractivity contribution >= 4 is 21.9 Å². The zero-order chi connectivity index (χ0) is 15.8. The highest BCUT2D eigenvalue weighted by Crippen LogP contribution is 2.29. The summed E-state index contributed by atoms with van der Waals surface area (Å²) in [5, 5.41) is 7.98. The van der Waals surface area contributed by atoms with Crippen LogP contribution in [0.1, 0.15) is 0 Å². The number of hydrogen-bond acceptors (Lipinski definition) is 5. The second-order valence-corrected chi connectivity index (χ2v) is 5.15. The lowest BCUT2D eigenvalue weighted by atomic mass is 10.1. The Labute approximate surface area is 132 Å². The number of ether oxygens (including phenoxy) is 2. The quantitative estimate of drug-likeness (QED) is 0.629. The summed E-state index contributed by atoms with van der Waals surface area (Å²) in [7, 11) is 3.25. The Bertz CT molecular complexity index is 988. The van der Waals surface area contributed by atoms with Gasteiger partial charge in [-0.25, -0.2) is 4.98 Å². The molecular weight excluding hydrogens is 292 g/mol. The van der Waals surface area contributed by atoms with E-state index in [9.17, 15) is 0 Å². The average Bonchev–Trinajstić information content (AvgIpc) is 3.05. The van der Waals surface area contributed by atoms with Gasteiger partial charge < -0.3 is 9.47 Å². The number of aromatic amines is 1. The second-order valence-electron chi connectivity index (χ2n) is 5.15. The second kappa shape index (κ2) is 5.24. The smallest absolute Gasteiger partial charge is 0.123 e. The third kappa shape index (κ3) is 2.34. The Balaban J connectivity index is 1.89. The Morgan fingerprint density at radius 1 is 0.870 bits per heavy atom. The van der Waals surface area contributed by atoms with Crippen LogP contribution in [0.25, 0.3) is 33.2 Å². The van der Waals surface area contributed by atoms with Crippen molar-refractivity contribution in [3.63, 3.8) is 0 Å². The van der Waals surface area contributed by atoms with E-state index in [2.05, 4.69) is 15.2 Å². The summed E-state index contributed by atoms with van der Waals surface area (Å²) in [6, 6.07) is 9.57. The molecule has 0 atom stereocenters. The van der Waals surface area contributed by atoms with Gasteiger partial charge in [0.2, 0.25) is 0 Å². The molecule has 4 aromatic rings. The topological polar surface area (TPSA) is 72.9 Å². The maximum absolute atomic E-state index is 5.31. The van der Waals surface area contributed by atoms with Gasteiger partial charge in [-0.05, 0) is 24.3 Å². The predicted octanol–water partition coefficient (Wildman–Crippen LogP) is 3.19. The van der Waals surface area contributed by atoms with E-state index < -0.39 is 0 Å². The molecule has 1 N–H and O–H groups in total. The predicted molar refractivity (Wildman–Crippen MR) is 87.7 cm³/mol. The van der Waals surface area contributed by atoms with Crippen LogP contribution in [0.5, 0.6) is 11.5 Å². The third-order valence-corrected chi connectivity index (χ3v) is 3.75. The lowest BCUT2D eigenvalue weighted by Crippen LogP contribution is -1.92. The monoisotopic (exact) mass is 306 g/mol. The van der Waals surface area contributed by atoms with Crippen molar-refractivity contribution in [3.05, 3.63) is 42.7 Å². The molecule has 0 bridgehead atoms. The normalized spacial score (nSPS) is 11.0. The summed E-state index contributed by atoms with van der Waals surface area (Å²) in [5.74, 6) is 1.43.